The Kier molecular flexibility index (Phi) is 6.85. The summed E-state index contributed by atoms with van der Waals surface area (Å²) in [5.41, 5.74) is 2.99. The zero-order chi connectivity index (χ0) is 31.8. The summed E-state index contributed by atoms with van der Waals surface area (Å²) in [6, 6.07) is 11.5. The van der Waals surface area contributed by atoms with Crippen LogP contribution in [0.3, 0.4) is 0 Å². The van der Waals surface area contributed by atoms with Crippen LogP contribution in [0.25, 0.3) is 22.2 Å². The largest absolute Gasteiger partial charge is 0.387 e. The van der Waals surface area contributed by atoms with Crippen molar-refractivity contribution in [3.8, 4) is 17.3 Å². The second-order valence-electron chi connectivity index (χ2n) is 12.8. The lowest BCUT2D eigenvalue weighted by atomic mass is 9.72. The molecule has 1 atom stereocenters. The lowest BCUT2D eigenvalue weighted by molar-refractivity contribution is -0.165. The zero-order valence-electron chi connectivity index (χ0n) is 25.4. The van der Waals surface area contributed by atoms with Crippen LogP contribution in [0.1, 0.15) is 42.5 Å². The summed E-state index contributed by atoms with van der Waals surface area (Å²) in [5, 5.41) is 21.7. The van der Waals surface area contributed by atoms with Crippen molar-refractivity contribution in [2.75, 3.05) is 50.1 Å². The third-order valence-electron chi connectivity index (χ3n) is 9.35. The predicted octanol–water partition coefficient (Wildman–Crippen LogP) is 5.33. The van der Waals surface area contributed by atoms with E-state index in [4.69, 9.17) is 9.72 Å². The highest BCUT2D eigenvalue weighted by molar-refractivity contribution is 7.16. The molecule has 45 heavy (non-hydrogen) atoms. The van der Waals surface area contributed by atoms with Crippen molar-refractivity contribution in [1.82, 2.24) is 14.9 Å². The Morgan fingerprint density at radius 1 is 1.18 bits per heavy atom. The number of rotatable bonds is 6. The summed E-state index contributed by atoms with van der Waals surface area (Å²) in [6.45, 7) is 6.18. The number of likely N-dealkylation sites (tertiary alicyclic amines) is 1. The normalized spacial score (nSPS) is 18.5. The molecule has 2 aromatic carbocycles. The van der Waals surface area contributed by atoms with Gasteiger partial charge in [-0.15, -0.1) is 0 Å². The number of nitrogens with zero attached hydrogens (tertiary/aromatic N) is 6. The third kappa shape index (κ3) is 4.72. The van der Waals surface area contributed by atoms with Crippen molar-refractivity contribution in [2.45, 2.75) is 38.4 Å². The maximum atomic E-state index is 15.9. The second kappa shape index (κ2) is 10.4. The summed E-state index contributed by atoms with van der Waals surface area (Å²) in [4.78, 5) is 28.3. The number of hydrogen-bond acceptors (Lipinski definition) is 9. The van der Waals surface area contributed by atoms with Gasteiger partial charge in [-0.2, -0.15) is 5.26 Å². The lowest BCUT2D eigenvalue weighted by Crippen LogP contribution is -2.74. The van der Waals surface area contributed by atoms with Crippen molar-refractivity contribution in [3.05, 3.63) is 64.2 Å². The maximum absolute atomic E-state index is 15.9. The van der Waals surface area contributed by atoms with E-state index in [1.807, 2.05) is 22.9 Å². The summed E-state index contributed by atoms with van der Waals surface area (Å²) in [6.07, 6.45) is 0.222. The number of thiazole rings is 1. The molecule has 3 aliphatic rings. The molecule has 9 nitrogen and oxygen atoms in total. The highest BCUT2D eigenvalue weighted by Gasteiger charge is 2.55. The van der Waals surface area contributed by atoms with E-state index in [9.17, 15) is 19.6 Å². The number of carbonyl (C=O) groups is 1. The predicted molar refractivity (Wildman–Crippen MR) is 168 cm³/mol. The van der Waals surface area contributed by atoms with Crippen molar-refractivity contribution < 1.29 is 23.4 Å². The zero-order valence-corrected chi connectivity index (χ0v) is 26.2. The van der Waals surface area contributed by atoms with Crippen LogP contribution in [0, 0.1) is 28.4 Å². The highest BCUT2D eigenvalue weighted by Crippen LogP contribution is 2.48. The van der Waals surface area contributed by atoms with Crippen molar-refractivity contribution in [1.29, 1.82) is 5.26 Å². The van der Waals surface area contributed by atoms with Crippen LogP contribution in [0.4, 0.5) is 25.3 Å². The number of nitriles is 1. The summed E-state index contributed by atoms with van der Waals surface area (Å²) in [7, 11) is 3.35. The fourth-order valence-corrected chi connectivity index (χ4v) is 7.66. The second-order valence-corrected chi connectivity index (χ2v) is 13.8. The summed E-state index contributed by atoms with van der Waals surface area (Å²) >= 11 is 1.19. The van der Waals surface area contributed by atoms with Crippen LogP contribution in [0.15, 0.2) is 36.4 Å². The van der Waals surface area contributed by atoms with Gasteiger partial charge in [-0.3, -0.25) is 4.79 Å². The van der Waals surface area contributed by atoms with Gasteiger partial charge in [0.05, 0.1) is 17.5 Å². The van der Waals surface area contributed by atoms with E-state index in [2.05, 4.69) is 16.0 Å². The van der Waals surface area contributed by atoms with E-state index >= 15 is 4.39 Å². The van der Waals surface area contributed by atoms with Crippen molar-refractivity contribution >= 4 is 44.7 Å². The monoisotopic (exact) mass is 630 g/mol. The quantitative estimate of drug-likeness (QED) is 0.305. The number of aromatic nitrogens is 2. The van der Waals surface area contributed by atoms with E-state index in [0.717, 1.165) is 5.56 Å². The standard InChI is InChI=1S/C33H32F2N6O3S/c1-32(2,44-4)30(43)41-16-33(17-41)14-40(15-33)20-11-22-27(23(35)12-20)37-28-21(9-10-24(28)42)29(22)39(3)31-38-26(25(13-36)45-31)18-5-7-19(34)8-6-18/h5-8,11-12,24,42H,9-10,14-17H2,1-4H3/t24-/m1/s1. The van der Waals surface area contributed by atoms with Crippen LogP contribution in [0.5, 0.6) is 0 Å². The molecular weight excluding hydrogens is 598 g/mol. The Labute approximate surface area is 263 Å². The molecule has 2 aromatic heterocycles. The number of fused-ring (bicyclic) bond motifs is 2. The van der Waals surface area contributed by atoms with Gasteiger partial charge < -0.3 is 24.5 Å². The van der Waals surface area contributed by atoms with Gasteiger partial charge in [0.15, 0.2) is 10.9 Å². The minimum absolute atomic E-state index is 0.0316. The molecule has 0 unspecified atom stereocenters. The molecule has 2 fully saturated rings. The van der Waals surface area contributed by atoms with E-state index < -0.39 is 17.5 Å². The first-order chi connectivity index (χ1) is 21.4. The number of methoxy groups -OCH3 is 1. The van der Waals surface area contributed by atoms with E-state index in [1.165, 1.54) is 36.6 Å². The number of amides is 1. The summed E-state index contributed by atoms with van der Waals surface area (Å²) in [5.74, 6) is -0.910. The summed E-state index contributed by atoms with van der Waals surface area (Å²) < 4.78 is 34.8. The molecule has 1 aliphatic carbocycles. The van der Waals surface area contributed by atoms with E-state index in [-0.39, 0.29) is 22.7 Å². The highest BCUT2D eigenvalue weighted by atomic mass is 32.1. The van der Waals surface area contributed by atoms with Gasteiger partial charge in [0.1, 0.15) is 33.6 Å². The fraction of sp³-hybridized carbons (Fsp3) is 0.394. The molecule has 7 rings (SSSR count). The van der Waals surface area contributed by atoms with Crippen LogP contribution in [-0.4, -0.2) is 71.8 Å². The SMILES string of the molecule is COC(C)(C)C(=O)N1CC2(C1)CN(c1cc(F)c3nc4c(c(N(C)c5nc(-c6ccc(F)cc6)c(C#N)s5)c3c1)CC[C@H]4O)C2. The van der Waals surface area contributed by atoms with Gasteiger partial charge in [0, 0.05) is 68.0 Å². The lowest BCUT2D eigenvalue weighted by Gasteiger charge is -2.61. The van der Waals surface area contributed by atoms with Crippen LogP contribution in [0.2, 0.25) is 0 Å². The topological polar surface area (TPSA) is 106 Å². The van der Waals surface area contributed by atoms with Crippen molar-refractivity contribution in [2.24, 2.45) is 5.41 Å². The molecule has 0 bridgehead atoms. The Hall–Kier alpha value is -4.18. The van der Waals surface area contributed by atoms with Crippen LogP contribution < -0.4 is 9.80 Å². The maximum Gasteiger partial charge on any atom is 0.254 e. The molecule has 1 N–H and O–H groups in total. The van der Waals surface area contributed by atoms with Gasteiger partial charge in [0.2, 0.25) is 0 Å². The molecular formula is C33H32F2N6O3S. The Morgan fingerprint density at radius 2 is 1.89 bits per heavy atom. The Morgan fingerprint density at radius 3 is 2.56 bits per heavy atom. The minimum atomic E-state index is -0.874. The number of ether oxygens (including phenoxy) is 1. The van der Waals surface area contributed by atoms with E-state index in [1.54, 1.807) is 26.0 Å². The fourth-order valence-electron chi connectivity index (χ4n) is 6.80. The molecule has 4 heterocycles. The number of anilines is 3. The average molecular weight is 631 g/mol. The molecule has 1 amide bonds. The van der Waals surface area contributed by atoms with Gasteiger partial charge >= 0.3 is 0 Å². The third-order valence-corrected chi connectivity index (χ3v) is 10.4. The molecule has 0 saturated carbocycles. The number of carbonyl (C=O) groups excluding carboxylic acids is 1. The van der Waals surface area contributed by atoms with Gasteiger partial charge in [-0.1, -0.05) is 11.3 Å². The number of benzene rings is 2. The first-order valence-electron chi connectivity index (χ1n) is 14.8. The van der Waals surface area contributed by atoms with Crippen LogP contribution >= 0.6 is 11.3 Å². The molecule has 2 aliphatic heterocycles. The molecule has 4 aromatic rings. The molecule has 232 valence electrons. The van der Waals surface area contributed by atoms with Gasteiger partial charge in [0.25, 0.3) is 5.91 Å². The van der Waals surface area contributed by atoms with Gasteiger partial charge in [-0.25, -0.2) is 18.7 Å². The molecule has 1 spiro atoms. The number of pyridine rings is 1. The van der Waals surface area contributed by atoms with E-state index in [0.29, 0.717) is 82.7 Å². The smallest absolute Gasteiger partial charge is 0.254 e. The molecule has 2 saturated heterocycles. The Bertz CT molecular complexity index is 1890. The first-order valence-corrected chi connectivity index (χ1v) is 15.6. The average Bonchev–Trinajstić information content (AvgIpc) is 3.58. The molecule has 0 radical (unpaired) electrons. The first kappa shape index (κ1) is 29.5. The number of halogens is 2. The van der Waals surface area contributed by atoms with Crippen LogP contribution in [-0.2, 0) is 16.0 Å². The molecule has 12 heteroatoms. The number of aliphatic hydroxyl groups excluding tert-OH is 1. The number of hydrogen-bond donors (Lipinski definition) is 1. The van der Waals surface area contributed by atoms with Gasteiger partial charge in [-0.05, 0) is 63.1 Å². The Balaban J connectivity index is 1.24. The minimum Gasteiger partial charge on any atom is -0.387 e. The van der Waals surface area contributed by atoms with Crippen molar-refractivity contribution in [3.63, 3.8) is 0 Å². The number of aliphatic hydroxyl groups is 1.